The maximum atomic E-state index is 12.9. The number of hydrogen-bond acceptors (Lipinski definition) is 5. The molecule has 0 saturated carbocycles. The summed E-state index contributed by atoms with van der Waals surface area (Å²) in [6.45, 7) is 3.88. The highest BCUT2D eigenvalue weighted by Gasteiger charge is 2.27. The monoisotopic (exact) mass is 565 g/mol. The molecule has 7 nitrogen and oxygen atoms in total. The first kappa shape index (κ1) is 23.4. The van der Waals surface area contributed by atoms with Crippen molar-refractivity contribution in [2.24, 2.45) is 5.92 Å². The summed E-state index contributed by atoms with van der Waals surface area (Å²) >= 11 is 8.07. The number of hydrogen-bond donors (Lipinski definition) is 3. The summed E-state index contributed by atoms with van der Waals surface area (Å²) in [7, 11) is 0. The SMILES string of the molecule is CC[C@@H](C)[C@H](NC(=O)Nc1ccc(Br)cc1)C(=O)Nc1nnc(-c2cccc(Br)c2)s1. The predicted octanol–water partition coefficient (Wildman–Crippen LogP) is 5.91. The number of nitrogens with one attached hydrogen (secondary N) is 3. The standard InChI is InChI=1S/C21H21Br2N5O2S/c1-3-12(2)17(25-20(30)24-16-9-7-14(22)8-10-16)18(29)26-21-28-27-19(31-21)13-5-4-6-15(23)11-13/h4-12,17H,3H2,1-2H3,(H2,24,25,30)(H,26,28,29)/t12-,17+/m1/s1. The van der Waals surface area contributed by atoms with Crippen LogP contribution >= 0.6 is 43.2 Å². The van der Waals surface area contributed by atoms with E-state index in [0.29, 0.717) is 15.8 Å². The number of rotatable bonds is 7. The van der Waals surface area contributed by atoms with Gasteiger partial charge in [-0.15, -0.1) is 10.2 Å². The van der Waals surface area contributed by atoms with Crippen LogP contribution in [0.25, 0.3) is 10.6 Å². The second-order valence-corrected chi connectivity index (χ2v) is 9.69. The Bertz CT molecular complexity index is 1060. The van der Waals surface area contributed by atoms with Gasteiger partial charge in [-0.2, -0.15) is 0 Å². The average Bonchev–Trinajstić information content (AvgIpc) is 3.21. The molecule has 0 spiro atoms. The molecule has 2 aromatic carbocycles. The predicted molar refractivity (Wildman–Crippen MR) is 131 cm³/mol. The van der Waals surface area contributed by atoms with Crippen molar-refractivity contribution < 1.29 is 9.59 Å². The first-order valence-electron chi connectivity index (χ1n) is 9.59. The molecule has 0 fully saturated rings. The minimum absolute atomic E-state index is 0.0758. The maximum Gasteiger partial charge on any atom is 0.319 e. The summed E-state index contributed by atoms with van der Waals surface area (Å²) in [5, 5.41) is 17.6. The molecule has 31 heavy (non-hydrogen) atoms. The van der Waals surface area contributed by atoms with Crippen LogP contribution in [0.4, 0.5) is 15.6 Å². The Hall–Kier alpha value is -2.30. The fraction of sp³-hybridized carbons (Fsp3) is 0.238. The molecule has 3 aromatic rings. The zero-order chi connectivity index (χ0) is 22.4. The van der Waals surface area contributed by atoms with Crippen LogP contribution in [0.2, 0.25) is 0 Å². The normalized spacial score (nSPS) is 12.6. The van der Waals surface area contributed by atoms with Crippen LogP contribution in [-0.4, -0.2) is 28.2 Å². The van der Waals surface area contributed by atoms with Gasteiger partial charge in [-0.05, 0) is 42.3 Å². The second-order valence-electron chi connectivity index (χ2n) is 6.88. The molecule has 1 aromatic heterocycles. The highest BCUT2D eigenvalue weighted by atomic mass is 79.9. The molecule has 3 amide bonds. The first-order chi connectivity index (χ1) is 14.9. The lowest BCUT2D eigenvalue weighted by atomic mass is 9.98. The lowest BCUT2D eigenvalue weighted by Crippen LogP contribution is -2.49. The van der Waals surface area contributed by atoms with Crippen molar-refractivity contribution in [1.29, 1.82) is 0 Å². The molecule has 3 N–H and O–H groups in total. The summed E-state index contributed by atoms with van der Waals surface area (Å²) < 4.78 is 1.85. The third kappa shape index (κ3) is 6.59. The van der Waals surface area contributed by atoms with Crippen LogP contribution in [0.5, 0.6) is 0 Å². The van der Waals surface area contributed by atoms with Crippen molar-refractivity contribution in [3.63, 3.8) is 0 Å². The third-order valence-electron chi connectivity index (χ3n) is 4.61. The van der Waals surface area contributed by atoms with Crippen molar-refractivity contribution in [2.75, 3.05) is 10.6 Å². The zero-order valence-corrected chi connectivity index (χ0v) is 20.8. The van der Waals surface area contributed by atoms with Crippen LogP contribution in [0, 0.1) is 5.92 Å². The quantitative estimate of drug-likeness (QED) is 0.331. The van der Waals surface area contributed by atoms with Gasteiger partial charge in [0.1, 0.15) is 11.0 Å². The fourth-order valence-corrected chi connectivity index (χ4v) is 4.15. The van der Waals surface area contributed by atoms with Gasteiger partial charge in [0.15, 0.2) is 0 Å². The Morgan fingerprint density at radius 2 is 1.77 bits per heavy atom. The highest BCUT2D eigenvalue weighted by molar-refractivity contribution is 9.10. The van der Waals surface area contributed by atoms with Crippen molar-refractivity contribution >= 4 is 66.0 Å². The number of amides is 3. The van der Waals surface area contributed by atoms with E-state index < -0.39 is 12.1 Å². The molecule has 0 bridgehead atoms. The van der Waals surface area contributed by atoms with Gasteiger partial charge in [0, 0.05) is 20.2 Å². The molecule has 162 valence electrons. The first-order valence-corrected chi connectivity index (χ1v) is 12.0. The molecule has 0 saturated heterocycles. The van der Waals surface area contributed by atoms with Crippen LogP contribution in [0.3, 0.4) is 0 Å². The summed E-state index contributed by atoms with van der Waals surface area (Å²) in [6.07, 6.45) is 0.718. The van der Waals surface area contributed by atoms with E-state index in [1.807, 2.05) is 50.2 Å². The number of urea groups is 1. The van der Waals surface area contributed by atoms with Gasteiger partial charge < -0.3 is 10.6 Å². The molecule has 2 atom stereocenters. The summed E-state index contributed by atoms with van der Waals surface area (Å²) in [6, 6.07) is 13.7. The average molecular weight is 567 g/mol. The van der Waals surface area contributed by atoms with Gasteiger partial charge in [0.25, 0.3) is 0 Å². The van der Waals surface area contributed by atoms with E-state index in [1.165, 1.54) is 11.3 Å². The smallest absolute Gasteiger partial charge is 0.319 e. The van der Waals surface area contributed by atoms with Crippen molar-refractivity contribution in [3.8, 4) is 10.6 Å². The third-order valence-corrected chi connectivity index (χ3v) is 6.52. The molecule has 1 heterocycles. The Balaban J connectivity index is 1.67. The molecule has 0 aliphatic heterocycles. The lowest BCUT2D eigenvalue weighted by molar-refractivity contribution is -0.119. The van der Waals surface area contributed by atoms with Crippen molar-refractivity contribution in [3.05, 3.63) is 57.5 Å². The zero-order valence-electron chi connectivity index (χ0n) is 16.9. The van der Waals surface area contributed by atoms with E-state index in [9.17, 15) is 9.59 Å². The summed E-state index contributed by atoms with van der Waals surface area (Å²) in [5.74, 6) is -0.412. The van der Waals surface area contributed by atoms with E-state index in [0.717, 1.165) is 20.9 Å². The Morgan fingerprint density at radius 3 is 2.45 bits per heavy atom. The number of benzene rings is 2. The van der Waals surface area contributed by atoms with Gasteiger partial charge in [-0.25, -0.2) is 4.79 Å². The van der Waals surface area contributed by atoms with Crippen molar-refractivity contribution in [2.45, 2.75) is 26.3 Å². The maximum absolute atomic E-state index is 12.9. The number of halogens is 2. The van der Waals surface area contributed by atoms with Crippen LogP contribution in [0.15, 0.2) is 57.5 Å². The van der Waals surface area contributed by atoms with E-state index in [1.54, 1.807) is 12.1 Å². The summed E-state index contributed by atoms with van der Waals surface area (Å²) in [4.78, 5) is 25.4. The largest absolute Gasteiger partial charge is 0.326 e. The highest BCUT2D eigenvalue weighted by Crippen LogP contribution is 2.28. The molecule has 0 aliphatic rings. The second kappa shape index (κ2) is 10.8. The van der Waals surface area contributed by atoms with Crippen molar-refractivity contribution in [1.82, 2.24) is 15.5 Å². The van der Waals surface area contributed by atoms with Crippen LogP contribution < -0.4 is 16.0 Å². The Morgan fingerprint density at radius 1 is 1.03 bits per heavy atom. The molecular formula is C21H21Br2N5O2S. The lowest BCUT2D eigenvalue weighted by Gasteiger charge is -2.23. The number of anilines is 2. The van der Waals surface area contributed by atoms with Crippen LogP contribution in [0.1, 0.15) is 20.3 Å². The molecule has 0 aliphatic carbocycles. The number of carbonyl (C=O) groups is 2. The molecule has 3 rings (SSSR count). The minimum Gasteiger partial charge on any atom is -0.326 e. The fourth-order valence-electron chi connectivity index (χ4n) is 2.74. The molecular weight excluding hydrogens is 546 g/mol. The Kier molecular flexibility index (Phi) is 8.16. The number of nitrogens with zero attached hydrogens (tertiary/aromatic N) is 2. The van der Waals surface area contributed by atoms with Gasteiger partial charge >= 0.3 is 6.03 Å². The topological polar surface area (TPSA) is 96.0 Å². The number of aromatic nitrogens is 2. The van der Waals surface area contributed by atoms with E-state index >= 15 is 0 Å². The van der Waals surface area contributed by atoms with E-state index in [-0.39, 0.29) is 11.8 Å². The van der Waals surface area contributed by atoms with Gasteiger partial charge in [0.05, 0.1) is 0 Å². The molecule has 10 heteroatoms. The van der Waals surface area contributed by atoms with Gasteiger partial charge in [0.2, 0.25) is 11.0 Å². The molecule has 0 radical (unpaired) electrons. The number of carbonyl (C=O) groups excluding carboxylic acids is 2. The van der Waals surface area contributed by atoms with E-state index in [2.05, 4.69) is 58.0 Å². The molecule has 0 unspecified atom stereocenters. The van der Waals surface area contributed by atoms with Gasteiger partial charge in [-0.3, -0.25) is 10.1 Å². The Labute approximate surface area is 201 Å². The van der Waals surface area contributed by atoms with Crippen LogP contribution in [-0.2, 0) is 4.79 Å². The minimum atomic E-state index is -0.723. The van der Waals surface area contributed by atoms with E-state index in [4.69, 9.17) is 0 Å². The van der Waals surface area contributed by atoms with Gasteiger partial charge in [-0.1, -0.05) is 75.6 Å². The summed E-state index contributed by atoms with van der Waals surface area (Å²) in [5.41, 5.74) is 1.53.